The molecule has 1 aliphatic rings. The molecule has 2 atom stereocenters. The molecule has 0 aromatic carbocycles. The normalized spacial score (nSPS) is 27.1. The molecule has 0 aromatic rings. The molecule has 0 aliphatic heterocycles. The Morgan fingerprint density at radius 3 is 2.36 bits per heavy atom. The molecule has 7 heteroatoms. The van der Waals surface area contributed by atoms with Gasteiger partial charge < -0.3 is 10.2 Å². The van der Waals surface area contributed by atoms with Gasteiger partial charge in [0.1, 0.15) is 5.92 Å². The van der Waals surface area contributed by atoms with Gasteiger partial charge in [-0.2, -0.15) is 8.42 Å². The number of hydrogen-bond acceptors (Lipinski definition) is 4. The van der Waals surface area contributed by atoms with Crippen LogP contribution in [-0.2, 0) is 14.9 Å². The Morgan fingerprint density at radius 1 is 1.43 bits per heavy atom. The van der Waals surface area contributed by atoms with Gasteiger partial charge in [0, 0.05) is 0 Å². The predicted molar refractivity (Wildman–Crippen MR) is 45.9 cm³/mol. The second kappa shape index (κ2) is 3.52. The molecule has 0 radical (unpaired) electrons. The monoisotopic (exact) mass is 220 g/mol. The van der Waals surface area contributed by atoms with Gasteiger partial charge in [0.2, 0.25) is 0 Å². The molecule has 78 valence electrons. The van der Waals surface area contributed by atoms with Gasteiger partial charge in [-0.3, -0.25) is 9.35 Å². The molecule has 0 amide bonds. The van der Waals surface area contributed by atoms with Crippen LogP contribution >= 0.6 is 0 Å². The Bertz CT molecular complexity index is 404. The summed E-state index contributed by atoms with van der Waals surface area (Å²) in [4.78, 5) is 9.90. The van der Waals surface area contributed by atoms with Gasteiger partial charge in [-0.05, 0) is 6.08 Å². The highest BCUT2D eigenvalue weighted by molar-refractivity contribution is 7.89. The third-order valence-corrected chi connectivity index (χ3v) is 2.77. The molecule has 0 aromatic heterocycles. The molecule has 0 saturated heterocycles. The average Bonchev–Trinajstić information content (AvgIpc) is 2.01. The SMILES string of the molecule is O=C(O)C1C(S(=O)(=O)O)=CC=CC1O. The molecule has 14 heavy (non-hydrogen) atoms. The largest absolute Gasteiger partial charge is 0.481 e. The average molecular weight is 220 g/mol. The van der Waals surface area contributed by atoms with Crippen molar-refractivity contribution < 1.29 is 28.0 Å². The molecular weight excluding hydrogens is 212 g/mol. The topological polar surface area (TPSA) is 112 Å². The highest BCUT2D eigenvalue weighted by Gasteiger charge is 2.36. The zero-order valence-electron chi connectivity index (χ0n) is 6.86. The summed E-state index contributed by atoms with van der Waals surface area (Å²) < 4.78 is 30.1. The fourth-order valence-electron chi connectivity index (χ4n) is 1.16. The van der Waals surface area contributed by atoms with Crippen LogP contribution in [0.15, 0.2) is 23.1 Å². The lowest BCUT2D eigenvalue weighted by Gasteiger charge is -2.19. The highest BCUT2D eigenvalue weighted by Crippen LogP contribution is 2.25. The van der Waals surface area contributed by atoms with Crippen molar-refractivity contribution in [1.82, 2.24) is 0 Å². The van der Waals surface area contributed by atoms with Gasteiger partial charge in [0.25, 0.3) is 10.1 Å². The van der Waals surface area contributed by atoms with Crippen molar-refractivity contribution in [2.45, 2.75) is 6.10 Å². The molecule has 6 nitrogen and oxygen atoms in total. The predicted octanol–water partition coefficient (Wildman–Crippen LogP) is -0.610. The minimum Gasteiger partial charge on any atom is -0.481 e. The van der Waals surface area contributed by atoms with Crippen LogP contribution in [0.3, 0.4) is 0 Å². The van der Waals surface area contributed by atoms with E-state index >= 15 is 0 Å². The quantitative estimate of drug-likeness (QED) is 0.535. The number of hydrogen-bond donors (Lipinski definition) is 3. The van der Waals surface area contributed by atoms with E-state index in [0.29, 0.717) is 0 Å². The number of aliphatic hydroxyl groups excluding tert-OH is 1. The highest BCUT2D eigenvalue weighted by atomic mass is 32.2. The minimum absolute atomic E-state index is 0.708. The molecule has 2 unspecified atom stereocenters. The third-order valence-electron chi connectivity index (χ3n) is 1.78. The Balaban J connectivity index is 3.20. The molecule has 0 fully saturated rings. The zero-order chi connectivity index (χ0) is 10.9. The van der Waals surface area contributed by atoms with Crippen LogP contribution in [0, 0.1) is 5.92 Å². The van der Waals surface area contributed by atoms with E-state index in [1.54, 1.807) is 0 Å². The second-order valence-electron chi connectivity index (χ2n) is 2.74. The van der Waals surface area contributed by atoms with E-state index in [-0.39, 0.29) is 0 Å². The van der Waals surface area contributed by atoms with E-state index in [1.807, 2.05) is 0 Å². The van der Waals surface area contributed by atoms with Crippen molar-refractivity contribution in [1.29, 1.82) is 0 Å². The van der Waals surface area contributed by atoms with Crippen molar-refractivity contribution in [3.8, 4) is 0 Å². The van der Waals surface area contributed by atoms with Crippen LogP contribution in [0.4, 0.5) is 0 Å². The summed E-state index contributed by atoms with van der Waals surface area (Å²) in [6.07, 6.45) is 1.80. The molecule has 3 N–H and O–H groups in total. The zero-order valence-corrected chi connectivity index (χ0v) is 7.68. The van der Waals surface area contributed by atoms with Crippen LogP contribution in [0.1, 0.15) is 0 Å². The first-order valence-electron chi connectivity index (χ1n) is 3.61. The van der Waals surface area contributed by atoms with Crippen molar-refractivity contribution in [3.05, 3.63) is 23.1 Å². The Morgan fingerprint density at radius 2 is 2.00 bits per heavy atom. The van der Waals surface area contributed by atoms with Gasteiger partial charge in [-0.15, -0.1) is 0 Å². The van der Waals surface area contributed by atoms with Gasteiger partial charge in [-0.25, -0.2) is 0 Å². The van der Waals surface area contributed by atoms with Crippen LogP contribution in [0.5, 0.6) is 0 Å². The van der Waals surface area contributed by atoms with Gasteiger partial charge in [0.15, 0.2) is 0 Å². The van der Waals surface area contributed by atoms with E-state index in [1.165, 1.54) is 6.08 Å². The third kappa shape index (κ3) is 2.00. The lowest BCUT2D eigenvalue weighted by atomic mass is 9.98. The van der Waals surface area contributed by atoms with Gasteiger partial charge in [0.05, 0.1) is 11.0 Å². The Hall–Kier alpha value is -1.18. The van der Waals surface area contributed by atoms with E-state index in [2.05, 4.69) is 0 Å². The summed E-state index contributed by atoms with van der Waals surface area (Å²) >= 11 is 0. The molecule has 1 aliphatic carbocycles. The standard InChI is InChI=1S/C7H8O6S/c8-4-2-1-3-5(14(11,12)13)6(4)7(9)10/h1-4,6,8H,(H,9,10)(H,11,12,13). The summed E-state index contributed by atoms with van der Waals surface area (Å²) in [7, 11) is -4.58. The molecule has 0 bridgehead atoms. The molecule has 0 spiro atoms. The van der Waals surface area contributed by atoms with Crippen molar-refractivity contribution in [2.24, 2.45) is 5.92 Å². The summed E-state index contributed by atoms with van der Waals surface area (Å²) in [6, 6.07) is 0. The number of carboxylic acids is 1. The van der Waals surface area contributed by atoms with Crippen LogP contribution in [0.25, 0.3) is 0 Å². The lowest BCUT2D eigenvalue weighted by Crippen LogP contribution is -2.32. The lowest BCUT2D eigenvalue weighted by molar-refractivity contribution is -0.142. The van der Waals surface area contributed by atoms with E-state index < -0.39 is 33.0 Å². The summed E-state index contributed by atoms with van der Waals surface area (Å²) in [5.74, 6) is -3.15. The maximum Gasteiger partial charge on any atom is 0.314 e. The van der Waals surface area contributed by atoms with Crippen LogP contribution < -0.4 is 0 Å². The first-order chi connectivity index (χ1) is 6.34. The molecule has 1 rings (SSSR count). The van der Waals surface area contributed by atoms with Gasteiger partial charge in [-0.1, -0.05) is 12.2 Å². The van der Waals surface area contributed by atoms with E-state index in [4.69, 9.17) is 9.66 Å². The fourth-order valence-corrected chi connectivity index (χ4v) is 1.97. The maximum atomic E-state index is 10.7. The minimum atomic E-state index is -4.58. The maximum absolute atomic E-state index is 10.7. The first kappa shape index (κ1) is 10.9. The molecule has 0 heterocycles. The second-order valence-corrected chi connectivity index (χ2v) is 4.16. The van der Waals surface area contributed by atoms with Crippen molar-refractivity contribution in [2.75, 3.05) is 0 Å². The number of allylic oxidation sites excluding steroid dienone is 2. The summed E-state index contributed by atoms with van der Waals surface area (Å²) in [5.41, 5.74) is 0. The number of aliphatic hydroxyl groups is 1. The van der Waals surface area contributed by atoms with Crippen LogP contribution in [-0.4, -0.2) is 35.3 Å². The van der Waals surface area contributed by atoms with Gasteiger partial charge >= 0.3 is 5.97 Å². The number of rotatable bonds is 2. The number of aliphatic carboxylic acids is 1. The summed E-state index contributed by atoms with van der Waals surface area (Å²) in [6.45, 7) is 0. The molecular formula is C7H8O6S. The smallest absolute Gasteiger partial charge is 0.314 e. The Kier molecular flexibility index (Phi) is 2.74. The molecule has 0 saturated carbocycles. The van der Waals surface area contributed by atoms with Crippen molar-refractivity contribution >= 4 is 16.1 Å². The number of carbonyl (C=O) groups is 1. The number of carboxylic acid groups (broad SMARTS) is 1. The Labute approximate surface area is 79.9 Å². The van der Waals surface area contributed by atoms with Crippen molar-refractivity contribution in [3.63, 3.8) is 0 Å². The fraction of sp³-hybridized carbons (Fsp3) is 0.286. The first-order valence-corrected chi connectivity index (χ1v) is 5.05. The van der Waals surface area contributed by atoms with E-state index in [0.717, 1.165) is 12.2 Å². The van der Waals surface area contributed by atoms with E-state index in [9.17, 15) is 18.3 Å². The van der Waals surface area contributed by atoms with Crippen LogP contribution in [0.2, 0.25) is 0 Å². The summed E-state index contributed by atoms with van der Waals surface area (Å²) in [5, 5.41) is 17.8.